The van der Waals surface area contributed by atoms with E-state index in [-0.39, 0.29) is 29.5 Å². The van der Waals surface area contributed by atoms with E-state index in [4.69, 9.17) is 5.11 Å². The lowest BCUT2D eigenvalue weighted by Gasteiger charge is -2.45. The SMILES string of the molecule is CC1CN(CCC(Cc2ccccc2)C(=O)NCC(=O)NCC(=O)O)CCC1(C)c1cccc(O)c1. The summed E-state index contributed by atoms with van der Waals surface area (Å²) in [5, 5.41) is 23.6. The molecule has 0 bridgehead atoms. The highest BCUT2D eigenvalue weighted by molar-refractivity contribution is 5.87. The molecule has 8 nitrogen and oxygen atoms in total. The molecule has 1 aliphatic heterocycles. The van der Waals surface area contributed by atoms with Gasteiger partial charge in [0.25, 0.3) is 0 Å². The fraction of sp³-hybridized carbons (Fsp3) is 0.464. The van der Waals surface area contributed by atoms with Crippen LogP contribution in [-0.4, -0.2) is 65.6 Å². The van der Waals surface area contributed by atoms with E-state index in [1.165, 1.54) is 0 Å². The number of carbonyl (C=O) groups excluding carboxylic acids is 2. The van der Waals surface area contributed by atoms with Gasteiger partial charge in [-0.15, -0.1) is 0 Å². The minimum atomic E-state index is -1.13. The first kappa shape index (κ1) is 27.2. The van der Waals surface area contributed by atoms with Gasteiger partial charge < -0.3 is 25.7 Å². The summed E-state index contributed by atoms with van der Waals surface area (Å²) in [6.07, 6.45) is 2.16. The molecule has 4 N–H and O–H groups in total. The Labute approximate surface area is 212 Å². The van der Waals surface area contributed by atoms with Crippen LogP contribution in [0.2, 0.25) is 0 Å². The first-order chi connectivity index (χ1) is 17.2. The Hall–Kier alpha value is -3.39. The van der Waals surface area contributed by atoms with Gasteiger partial charge in [0.15, 0.2) is 0 Å². The van der Waals surface area contributed by atoms with E-state index >= 15 is 0 Å². The van der Waals surface area contributed by atoms with Gasteiger partial charge in [-0.1, -0.05) is 56.3 Å². The molecule has 2 amide bonds. The number of likely N-dealkylation sites (tertiary alicyclic amines) is 1. The normalized spacial score (nSPS) is 20.9. The van der Waals surface area contributed by atoms with E-state index < -0.39 is 18.4 Å². The number of carboxylic acid groups (broad SMARTS) is 1. The Bertz CT molecular complexity index is 1040. The van der Waals surface area contributed by atoms with Crippen molar-refractivity contribution in [2.45, 2.75) is 38.5 Å². The quantitative estimate of drug-likeness (QED) is 0.381. The average Bonchev–Trinajstić information content (AvgIpc) is 2.86. The molecular formula is C28H37N3O5. The van der Waals surface area contributed by atoms with E-state index in [0.29, 0.717) is 18.8 Å². The summed E-state index contributed by atoms with van der Waals surface area (Å²) in [4.78, 5) is 37.9. The molecule has 0 saturated carbocycles. The van der Waals surface area contributed by atoms with Crippen molar-refractivity contribution in [3.8, 4) is 5.75 Å². The number of carboxylic acids is 1. The Morgan fingerprint density at radius 3 is 2.50 bits per heavy atom. The number of hydrogen-bond donors (Lipinski definition) is 4. The number of piperidine rings is 1. The number of nitrogens with one attached hydrogen (secondary N) is 2. The van der Waals surface area contributed by atoms with E-state index in [1.54, 1.807) is 6.07 Å². The zero-order chi connectivity index (χ0) is 26.1. The van der Waals surface area contributed by atoms with Crippen molar-refractivity contribution < 1.29 is 24.6 Å². The number of hydrogen-bond acceptors (Lipinski definition) is 5. The molecule has 36 heavy (non-hydrogen) atoms. The van der Waals surface area contributed by atoms with Gasteiger partial charge in [0, 0.05) is 12.5 Å². The first-order valence-corrected chi connectivity index (χ1v) is 12.5. The van der Waals surface area contributed by atoms with Crippen LogP contribution in [0.5, 0.6) is 5.75 Å². The number of amides is 2. The molecule has 1 fully saturated rings. The van der Waals surface area contributed by atoms with E-state index in [9.17, 15) is 19.5 Å². The monoisotopic (exact) mass is 495 g/mol. The highest BCUT2D eigenvalue weighted by Gasteiger charge is 2.38. The third kappa shape index (κ3) is 7.55. The number of carbonyl (C=O) groups is 3. The van der Waals surface area contributed by atoms with Crippen molar-refractivity contribution in [1.29, 1.82) is 0 Å². The highest BCUT2D eigenvalue weighted by atomic mass is 16.4. The zero-order valence-corrected chi connectivity index (χ0v) is 21.1. The van der Waals surface area contributed by atoms with Crippen LogP contribution < -0.4 is 10.6 Å². The predicted octanol–water partition coefficient (Wildman–Crippen LogP) is 2.56. The lowest BCUT2D eigenvalue weighted by molar-refractivity contribution is -0.137. The second-order valence-corrected chi connectivity index (χ2v) is 9.98. The molecule has 3 unspecified atom stereocenters. The summed E-state index contributed by atoms with van der Waals surface area (Å²) in [6.45, 7) is 6.32. The van der Waals surface area contributed by atoms with Crippen LogP contribution in [0.25, 0.3) is 0 Å². The molecule has 0 spiro atoms. The van der Waals surface area contributed by atoms with Crippen LogP contribution >= 0.6 is 0 Å². The number of phenolic OH excluding ortho intramolecular Hbond substituents is 1. The third-order valence-electron chi connectivity index (χ3n) is 7.42. The minimum absolute atomic E-state index is 0.0284. The fourth-order valence-electron chi connectivity index (χ4n) is 4.92. The maximum absolute atomic E-state index is 13.0. The number of aliphatic carboxylic acids is 1. The number of rotatable bonds is 11. The molecule has 1 aliphatic rings. The Morgan fingerprint density at radius 2 is 1.83 bits per heavy atom. The van der Waals surface area contributed by atoms with Crippen LogP contribution in [0.15, 0.2) is 54.6 Å². The van der Waals surface area contributed by atoms with Gasteiger partial charge in [0.1, 0.15) is 12.3 Å². The minimum Gasteiger partial charge on any atom is -0.508 e. The number of aromatic hydroxyl groups is 1. The van der Waals surface area contributed by atoms with Crippen LogP contribution in [0, 0.1) is 11.8 Å². The molecule has 0 aliphatic carbocycles. The summed E-state index contributed by atoms with van der Waals surface area (Å²) in [6, 6.07) is 17.3. The summed E-state index contributed by atoms with van der Waals surface area (Å²) in [5.74, 6) is -1.52. The molecule has 0 aromatic heterocycles. The summed E-state index contributed by atoms with van der Waals surface area (Å²) in [7, 11) is 0. The van der Waals surface area contributed by atoms with Crippen LogP contribution in [0.1, 0.15) is 37.8 Å². The Morgan fingerprint density at radius 1 is 1.08 bits per heavy atom. The fourth-order valence-corrected chi connectivity index (χ4v) is 4.92. The summed E-state index contributed by atoms with van der Waals surface area (Å²) >= 11 is 0. The molecular weight excluding hydrogens is 458 g/mol. The van der Waals surface area contributed by atoms with Gasteiger partial charge in [-0.2, -0.15) is 0 Å². The maximum atomic E-state index is 13.0. The average molecular weight is 496 g/mol. The second-order valence-electron chi connectivity index (χ2n) is 9.98. The maximum Gasteiger partial charge on any atom is 0.322 e. The van der Waals surface area contributed by atoms with Gasteiger partial charge in [-0.25, -0.2) is 0 Å². The topological polar surface area (TPSA) is 119 Å². The number of nitrogens with zero attached hydrogens (tertiary/aromatic N) is 1. The molecule has 3 rings (SSSR count). The lowest BCUT2D eigenvalue weighted by Crippen LogP contribution is -2.48. The van der Waals surface area contributed by atoms with Crippen molar-refractivity contribution in [3.05, 3.63) is 65.7 Å². The van der Waals surface area contributed by atoms with Gasteiger partial charge in [0.2, 0.25) is 11.8 Å². The molecule has 3 atom stereocenters. The number of benzene rings is 2. The Kier molecular flexibility index (Phi) is 9.47. The van der Waals surface area contributed by atoms with Gasteiger partial charge >= 0.3 is 5.97 Å². The standard InChI is InChI=1S/C28H37N3O5/c1-20-19-31(14-12-28(20,2)23-9-6-10-24(32)16-23)13-11-22(15-21-7-4-3-5-8-21)27(36)30-17-25(33)29-18-26(34)35/h3-10,16,20,22,32H,11-15,17-19H2,1-2H3,(H,29,33)(H,30,36)(H,34,35). The molecule has 8 heteroatoms. The van der Waals surface area contributed by atoms with E-state index in [0.717, 1.165) is 37.2 Å². The first-order valence-electron chi connectivity index (χ1n) is 12.5. The predicted molar refractivity (Wildman–Crippen MR) is 138 cm³/mol. The molecule has 1 heterocycles. The van der Waals surface area contributed by atoms with Gasteiger partial charge in [-0.3, -0.25) is 14.4 Å². The van der Waals surface area contributed by atoms with Crippen molar-refractivity contribution in [2.24, 2.45) is 11.8 Å². The largest absolute Gasteiger partial charge is 0.508 e. The highest BCUT2D eigenvalue weighted by Crippen LogP contribution is 2.40. The smallest absolute Gasteiger partial charge is 0.322 e. The second kappa shape index (κ2) is 12.5. The van der Waals surface area contributed by atoms with Crippen molar-refractivity contribution in [3.63, 3.8) is 0 Å². The van der Waals surface area contributed by atoms with Gasteiger partial charge in [-0.05, 0) is 66.9 Å². The zero-order valence-electron chi connectivity index (χ0n) is 21.1. The van der Waals surface area contributed by atoms with E-state index in [1.807, 2.05) is 42.5 Å². The molecule has 194 valence electrons. The van der Waals surface area contributed by atoms with Gasteiger partial charge in [0.05, 0.1) is 6.54 Å². The molecule has 2 aromatic rings. The summed E-state index contributed by atoms with van der Waals surface area (Å²) in [5.41, 5.74) is 2.17. The van der Waals surface area contributed by atoms with Crippen LogP contribution in [0.4, 0.5) is 0 Å². The molecule has 0 radical (unpaired) electrons. The van der Waals surface area contributed by atoms with E-state index in [2.05, 4.69) is 35.4 Å². The molecule has 1 saturated heterocycles. The Balaban J connectivity index is 1.59. The lowest BCUT2D eigenvalue weighted by atomic mass is 9.68. The van der Waals surface area contributed by atoms with Crippen molar-refractivity contribution in [1.82, 2.24) is 15.5 Å². The third-order valence-corrected chi connectivity index (χ3v) is 7.42. The van der Waals surface area contributed by atoms with Crippen molar-refractivity contribution in [2.75, 3.05) is 32.7 Å². The molecule has 2 aromatic carbocycles. The van der Waals surface area contributed by atoms with Crippen molar-refractivity contribution >= 4 is 17.8 Å². The summed E-state index contributed by atoms with van der Waals surface area (Å²) < 4.78 is 0. The van der Waals surface area contributed by atoms with Crippen LogP contribution in [0.3, 0.4) is 0 Å². The number of phenols is 1. The van der Waals surface area contributed by atoms with Crippen LogP contribution in [-0.2, 0) is 26.2 Å².